The summed E-state index contributed by atoms with van der Waals surface area (Å²) in [6, 6.07) is 13.4. The first-order chi connectivity index (χ1) is 11.1. The molecule has 2 N–H and O–H groups in total. The maximum absolute atomic E-state index is 12.4. The monoisotopic (exact) mass is 311 g/mol. The molecule has 0 aliphatic heterocycles. The normalized spacial score (nSPS) is 12.0. The van der Waals surface area contributed by atoms with Gasteiger partial charge in [-0.1, -0.05) is 44.2 Å². The van der Waals surface area contributed by atoms with Crippen molar-refractivity contribution in [1.82, 2.24) is 10.3 Å². The van der Waals surface area contributed by atoms with Crippen molar-refractivity contribution in [2.75, 3.05) is 11.9 Å². The molecule has 1 atom stereocenters. The summed E-state index contributed by atoms with van der Waals surface area (Å²) in [7, 11) is 0. The van der Waals surface area contributed by atoms with Gasteiger partial charge in [0.15, 0.2) is 0 Å². The third-order valence-corrected chi connectivity index (χ3v) is 3.70. The molecular formula is C19H25N3O. The maximum atomic E-state index is 12.4. The molecule has 0 saturated heterocycles. The maximum Gasteiger partial charge on any atom is 0.251 e. The Bertz CT molecular complexity index is 626. The molecule has 1 aromatic carbocycles. The van der Waals surface area contributed by atoms with Crippen LogP contribution in [0, 0.1) is 5.92 Å². The lowest BCUT2D eigenvalue weighted by Gasteiger charge is -2.15. The van der Waals surface area contributed by atoms with E-state index in [0.29, 0.717) is 11.5 Å². The van der Waals surface area contributed by atoms with Crippen LogP contribution < -0.4 is 10.6 Å². The fourth-order valence-corrected chi connectivity index (χ4v) is 2.26. The van der Waals surface area contributed by atoms with Gasteiger partial charge in [-0.3, -0.25) is 4.79 Å². The first-order valence-corrected chi connectivity index (χ1v) is 8.12. The summed E-state index contributed by atoms with van der Waals surface area (Å²) in [5.41, 5.74) is 1.71. The van der Waals surface area contributed by atoms with Crippen molar-refractivity contribution in [3.05, 3.63) is 59.8 Å². The number of rotatable bonds is 7. The number of amides is 1. The summed E-state index contributed by atoms with van der Waals surface area (Å²) in [4.78, 5) is 16.7. The van der Waals surface area contributed by atoms with E-state index in [9.17, 15) is 4.79 Å². The van der Waals surface area contributed by atoms with Gasteiger partial charge in [0, 0.05) is 18.3 Å². The number of carbonyl (C=O) groups is 1. The lowest BCUT2D eigenvalue weighted by Crippen LogP contribution is -2.26. The van der Waals surface area contributed by atoms with Gasteiger partial charge in [-0.25, -0.2) is 4.98 Å². The fraction of sp³-hybridized carbons (Fsp3) is 0.368. The summed E-state index contributed by atoms with van der Waals surface area (Å²) in [6.07, 6.45) is 2.74. The molecule has 0 saturated carbocycles. The van der Waals surface area contributed by atoms with E-state index in [1.807, 2.05) is 37.3 Å². The van der Waals surface area contributed by atoms with E-state index in [1.165, 1.54) is 0 Å². The van der Waals surface area contributed by atoms with Crippen LogP contribution in [0.4, 0.5) is 5.82 Å². The van der Waals surface area contributed by atoms with Crippen LogP contribution in [0.15, 0.2) is 48.7 Å². The number of carbonyl (C=O) groups excluding carboxylic acids is 1. The van der Waals surface area contributed by atoms with Gasteiger partial charge >= 0.3 is 0 Å². The van der Waals surface area contributed by atoms with Crippen molar-refractivity contribution in [1.29, 1.82) is 0 Å². The largest absolute Gasteiger partial charge is 0.370 e. The van der Waals surface area contributed by atoms with Crippen LogP contribution in [0.25, 0.3) is 0 Å². The Morgan fingerprint density at radius 3 is 2.57 bits per heavy atom. The zero-order valence-corrected chi connectivity index (χ0v) is 14.0. The van der Waals surface area contributed by atoms with Crippen LogP contribution in [-0.4, -0.2) is 17.4 Å². The smallest absolute Gasteiger partial charge is 0.251 e. The van der Waals surface area contributed by atoms with Gasteiger partial charge in [0.2, 0.25) is 0 Å². The molecule has 0 aliphatic rings. The second-order valence-corrected chi connectivity index (χ2v) is 6.14. The summed E-state index contributed by atoms with van der Waals surface area (Å²) >= 11 is 0. The summed E-state index contributed by atoms with van der Waals surface area (Å²) in [5.74, 6) is 1.29. The number of aromatic nitrogens is 1. The van der Waals surface area contributed by atoms with Gasteiger partial charge in [-0.15, -0.1) is 0 Å². The van der Waals surface area contributed by atoms with Crippen molar-refractivity contribution in [3.63, 3.8) is 0 Å². The molecule has 4 heteroatoms. The van der Waals surface area contributed by atoms with Crippen LogP contribution in [-0.2, 0) is 0 Å². The molecular weight excluding hydrogens is 286 g/mol. The Labute approximate surface area is 138 Å². The number of pyridine rings is 1. The Morgan fingerprint density at radius 2 is 1.87 bits per heavy atom. The van der Waals surface area contributed by atoms with Crippen molar-refractivity contribution in [2.45, 2.75) is 33.2 Å². The van der Waals surface area contributed by atoms with Crippen LogP contribution in [0.5, 0.6) is 0 Å². The van der Waals surface area contributed by atoms with Gasteiger partial charge in [0.25, 0.3) is 5.91 Å². The first-order valence-electron chi connectivity index (χ1n) is 8.12. The van der Waals surface area contributed by atoms with Crippen LogP contribution in [0.3, 0.4) is 0 Å². The molecule has 1 heterocycles. The number of hydrogen-bond donors (Lipinski definition) is 2. The number of anilines is 1. The molecule has 0 bridgehead atoms. The van der Waals surface area contributed by atoms with E-state index >= 15 is 0 Å². The third-order valence-electron chi connectivity index (χ3n) is 3.70. The highest BCUT2D eigenvalue weighted by atomic mass is 16.1. The fourth-order valence-electron chi connectivity index (χ4n) is 2.26. The van der Waals surface area contributed by atoms with E-state index in [0.717, 1.165) is 24.3 Å². The number of hydrogen-bond acceptors (Lipinski definition) is 3. The predicted octanol–water partition coefficient (Wildman–Crippen LogP) is 4.03. The average Bonchev–Trinajstić information content (AvgIpc) is 2.55. The highest BCUT2D eigenvalue weighted by molar-refractivity contribution is 5.95. The third kappa shape index (κ3) is 5.40. The summed E-state index contributed by atoms with van der Waals surface area (Å²) < 4.78 is 0. The quantitative estimate of drug-likeness (QED) is 0.811. The Balaban J connectivity index is 1.96. The molecule has 23 heavy (non-hydrogen) atoms. The van der Waals surface area contributed by atoms with Crippen LogP contribution in [0.2, 0.25) is 0 Å². The zero-order valence-electron chi connectivity index (χ0n) is 14.0. The molecule has 122 valence electrons. The van der Waals surface area contributed by atoms with Crippen molar-refractivity contribution >= 4 is 11.7 Å². The minimum Gasteiger partial charge on any atom is -0.370 e. The van der Waals surface area contributed by atoms with Gasteiger partial charge in [-0.2, -0.15) is 0 Å². The van der Waals surface area contributed by atoms with Crippen molar-refractivity contribution in [2.24, 2.45) is 5.92 Å². The minimum atomic E-state index is -0.0873. The second-order valence-electron chi connectivity index (χ2n) is 6.14. The predicted molar refractivity (Wildman–Crippen MR) is 94.5 cm³/mol. The van der Waals surface area contributed by atoms with Crippen molar-refractivity contribution < 1.29 is 4.79 Å². The van der Waals surface area contributed by atoms with Gasteiger partial charge in [-0.05, 0) is 37.0 Å². The van der Waals surface area contributed by atoms with E-state index in [4.69, 9.17) is 0 Å². The Hall–Kier alpha value is -2.36. The highest BCUT2D eigenvalue weighted by Gasteiger charge is 2.11. The van der Waals surface area contributed by atoms with E-state index in [-0.39, 0.29) is 11.9 Å². The molecule has 1 unspecified atom stereocenters. The topological polar surface area (TPSA) is 54.0 Å². The molecule has 0 fully saturated rings. The second kappa shape index (κ2) is 8.32. The number of nitrogens with one attached hydrogen (secondary N) is 2. The van der Waals surface area contributed by atoms with Gasteiger partial charge in [0.1, 0.15) is 5.82 Å². The lowest BCUT2D eigenvalue weighted by molar-refractivity contribution is 0.0940. The van der Waals surface area contributed by atoms with E-state index in [1.54, 1.807) is 18.3 Å². The molecule has 4 nitrogen and oxygen atoms in total. The molecule has 1 amide bonds. The van der Waals surface area contributed by atoms with Crippen LogP contribution >= 0.6 is 0 Å². The van der Waals surface area contributed by atoms with Crippen molar-refractivity contribution in [3.8, 4) is 0 Å². The Kier molecular flexibility index (Phi) is 6.15. The highest BCUT2D eigenvalue weighted by Crippen LogP contribution is 2.13. The molecule has 0 spiro atoms. The lowest BCUT2D eigenvalue weighted by atomic mass is 10.1. The molecule has 2 rings (SSSR count). The SMILES string of the molecule is CC(C)CCNc1cc(C(=O)NC(C)c2ccccc2)ccn1. The van der Waals surface area contributed by atoms with Gasteiger partial charge in [0.05, 0.1) is 6.04 Å². The Morgan fingerprint density at radius 1 is 1.13 bits per heavy atom. The molecule has 0 aliphatic carbocycles. The van der Waals surface area contributed by atoms with E-state index in [2.05, 4.69) is 29.5 Å². The molecule has 1 aromatic heterocycles. The molecule has 0 radical (unpaired) electrons. The van der Waals surface area contributed by atoms with Crippen LogP contribution in [0.1, 0.15) is 49.2 Å². The summed E-state index contributed by atoms with van der Waals surface area (Å²) in [6.45, 7) is 7.21. The first kappa shape index (κ1) is 17.0. The minimum absolute atomic E-state index is 0.0331. The number of benzene rings is 1. The summed E-state index contributed by atoms with van der Waals surface area (Å²) in [5, 5.41) is 6.28. The zero-order chi connectivity index (χ0) is 16.7. The average molecular weight is 311 g/mol. The standard InChI is InChI=1S/C19H25N3O/c1-14(2)9-11-20-18-13-17(10-12-21-18)19(23)22-15(3)16-7-5-4-6-8-16/h4-8,10,12-15H,9,11H2,1-3H3,(H,20,21)(H,22,23). The van der Waals surface area contributed by atoms with Gasteiger partial charge < -0.3 is 10.6 Å². The van der Waals surface area contributed by atoms with E-state index < -0.39 is 0 Å². The molecule has 2 aromatic rings. The number of nitrogens with zero attached hydrogens (tertiary/aromatic N) is 1.